The second-order valence-electron chi connectivity index (χ2n) is 0.785. The van der Waals surface area contributed by atoms with Crippen LogP contribution in [0.5, 0.6) is 0 Å². The maximum absolute atomic E-state index is 3.96. The van der Waals surface area contributed by atoms with E-state index in [-0.39, 0.29) is 19.5 Å². The Morgan fingerprint density at radius 1 is 1.71 bits per heavy atom. The Bertz CT molecular complexity index is 118. The van der Waals surface area contributed by atoms with Gasteiger partial charge >= 0.3 is 74.3 Å². The summed E-state index contributed by atoms with van der Waals surface area (Å²) in [6, 6.07) is 0. The van der Waals surface area contributed by atoms with E-state index in [1.165, 1.54) is -0.598 Å². The number of aromatic nitrogens is 1. The Balaban J connectivity index is 0.000000360. The third-order valence-corrected chi connectivity index (χ3v) is 2.13. The van der Waals surface area contributed by atoms with E-state index in [9.17, 15) is 0 Å². The van der Waals surface area contributed by atoms with Gasteiger partial charge in [0.2, 0.25) is 0 Å². The summed E-state index contributed by atoms with van der Waals surface area (Å²) in [7, 11) is 0. The van der Waals surface area contributed by atoms with Gasteiger partial charge in [0.25, 0.3) is 0 Å². The van der Waals surface area contributed by atoms with E-state index in [1.54, 1.807) is 58.3 Å². The van der Waals surface area contributed by atoms with Crippen molar-refractivity contribution >= 4 is 10.7 Å². The van der Waals surface area contributed by atoms with Gasteiger partial charge in [0.1, 0.15) is 0 Å². The van der Waals surface area contributed by atoms with Gasteiger partial charge in [-0.25, -0.2) is 0 Å². The molecule has 0 atom stereocenters. The van der Waals surface area contributed by atoms with Crippen LogP contribution in [0.1, 0.15) is 0 Å². The van der Waals surface area contributed by atoms with Crippen molar-refractivity contribution in [2.75, 3.05) is 0 Å². The second kappa shape index (κ2) is 4.69. The average Bonchev–Trinajstić information content (AvgIpc) is 1.86. The van der Waals surface area contributed by atoms with Crippen LogP contribution in [0.25, 0.3) is 0 Å². The molecule has 0 aliphatic carbocycles. The zero-order valence-corrected chi connectivity index (χ0v) is 9.80. The number of hydrogen-bond donors (Lipinski definition) is 0. The summed E-state index contributed by atoms with van der Waals surface area (Å²) >= 11 is 3.33. The summed E-state index contributed by atoms with van der Waals surface area (Å²) in [6.07, 6.45) is 1.82. The molecule has 1 rings (SSSR count). The molecular weight excluding hydrogens is 299 g/mol. The van der Waals surface area contributed by atoms with E-state index in [0.29, 0.717) is 0 Å². The molecule has 0 radical (unpaired) electrons. The van der Waals surface area contributed by atoms with Crippen LogP contribution in [0.15, 0.2) is 11.6 Å². The first kappa shape index (κ1) is 8.84. The molecule has 4 heteroatoms. The van der Waals surface area contributed by atoms with Crippen molar-refractivity contribution < 1.29 is 66.5 Å². The average molecular weight is 301 g/mol. The Labute approximate surface area is 91.7 Å². The smallest absolute Gasteiger partial charge is 0 e. The monoisotopic (exact) mass is 301 g/mol. The molecule has 0 fully saturated rings. The zero-order valence-electron chi connectivity index (χ0n) is 3.60. The van der Waals surface area contributed by atoms with Crippen LogP contribution < -0.4 is -0.598 Å². The SMILES string of the molecule is [Eu][c]1nccs1.[Zn]. The van der Waals surface area contributed by atoms with Gasteiger partial charge in [-0.15, -0.1) is 0 Å². The standard InChI is InChI=1S/C3H2NS.Eu.Zn/c1-2-5-3-4-1;;/h1-2H;;. The van der Waals surface area contributed by atoms with Gasteiger partial charge in [-0.05, 0) is 0 Å². The van der Waals surface area contributed by atoms with Gasteiger partial charge in [0, 0.05) is 19.5 Å². The first-order valence-electron chi connectivity index (χ1n) is 1.44. The fourth-order valence-corrected chi connectivity index (χ4v) is 1.24. The van der Waals surface area contributed by atoms with Crippen LogP contribution >= 0.6 is 11.3 Å². The summed E-state index contributed by atoms with van der Waals surface area (Å²) in [6.45, 7) is 0. The topological polar surface area (TPSA) is 12.9 Å². The van der Waals surface area contributed by atoms with Crippen LogP contribution in [0.3, 0.4) is 0 Å². The molecule has 0 aliphatic heterocycles. The van der Waals surface area contributed by atoms with Gasteiger partial charge in [-0.2, -0.15) is 0 Å². The van der Waals surface area contributed by atoms with E-state index in [2.05, 4.69) is 4.98 Å². The van der Waals surface area contributed by atoms with Crippen molar-refractivity contribution in [3.8, 4) is 0 Å². The number of thiazole rings is 1. The first-order valence-corrected chi connectivity index (χ1v) is 3.54. The number of nitrogens with zero attached hydrogens (tertiary/aromatic N) is 1. The Kier molecular flexibility index (Phi) is 5.92. The molecule has 1 heterocycles. The quantitative estimate of drug-likeness (QED) is 0.629. The molecule has 0 aliphatic rings. The second-order valence-corrected chi connectivity index (χ2v) is 3.66. The molecule has 1 aromatic heterocycles. The fraction of sp³-hybridized carbons (Fsp3) is 0. The fourth-order valence-electron chi connectivity index (χ4n) is 0.206. The molecule has 1 aromatic rings. The number of hydrogen-bond acceptors (Lipinski definition) is 2. The maximum Gasteiger partial charge on any atom is 0 e. The Morgan fingerprint density at radius 2 is 2.43 bits per heavy atom. The van der Waals surface area contributed by atoms with E-state index >= 15 is 0 Å². The van der Waals surface area contributed by atoms with Crippen LogP contribution in [0.2, 0.25) is 0 Å². The molecule has 0 N–H and O–H groups in total. The third kappa shape index (κ3) is 3.42. The summed E-state index contributed by atoms with van der Waals surface area (Å²) < 4.78 is 1.19. The molecule has 7 heavy (non-hydrogen) atoms. The molecule has 0 aromatic carbocycles. The molecule has 0 spiro atoms. The van der Waals surface area contributed by atoms with Crippen molar-refractivity contribution in [3.63, 3.8) is 0 Å². The van der Waals surface area contributed by atoms with Crippen molar-refractivity contribution in [2.24, 2.45) is 0 Å². The normalized spacial score (nSPS) is 7.57. The minimum Gasteiger partial charge on any atom is 0 e. The molecular formula is C3H2EuNSZn. The van der Waals surface area contributed by atoms with Gasteiger partial charge in [-0.3, -0.25) is 0 Å². The Morgan fingerprint density at radius 3 is 2.57 bits per heavy atom. The van der Waals surface area contributed by atoms with E-state index in [4.69, 9.17) is 0 Å². The van der Waals surface area contributed by atoms with Gasteiger partial charge in [-0.1, -0.05) is 0 Å². The van der Waals surface area contributed by atoms with Crippen LogP contribution in [-0.2, 0) is 19.5 Å². The molecule has 0 saturated heterocycles. The predicted octanol–water partition coefficient (Wildman–Crippen LogP) is 0.315. The minimum atomic E-state index is 0. The predicted molar refractivity (Wildman–Crippen MR) is 21.7 cm³/mol. The van der Waals surface area contributed by atoms with Crippen molar-refractivity contribution in [1.82, 2.24) is 4.98 Å². The first-order chi connectivity index (χ1) is 2.89. The van der Waals surface area contributed by atoms with Crippen LogP contribution in [-0.4, -0.2) is 4.98 Å². The van der Waals surface area contributed by atoms with Crippen molar-refractivity contribution in [2.45, 2.75) is 0 Å². The summed E-state index contributed by atoms with van der Waals surface area (Å²) in [5, 5.41) is 1.98. The number of rotatable bonds is 0. The minimum absolute atomic E-state index is 0. The Hall–Kier alpha value is 1.84. The zero-order chi connectivity index (χ0) is 4.41. The molecule has 34 valence electrons. The van der Waals surface area contributed by atoms with E-state index < -0.39 is 0 Å². The summed E-state index contributed by atoms with van der Waals surface area (Å²) in [5.74, 6) is 0. The third-order valence-electron chi connectivity index (χ3n) is 0.402. The molecule has 0 saturated carbocycles. The molecule has 0 bridgehead atoms. The van der Waals surface area contributed by atoms with Gasteiger partial charge in [0.05, 0.1) is 0 Å². The summed E-state index contributed by atoms with van der Waals surface area (Å²) in [4.78, 5) is 3.96. The van der Waals surface area contributed by atoms with Crippen molar-refractivity contribution in [1.29, 1.82) is 0 Å². The van der Waals surface area contributed by atoms with Crippen LogP contribution in [0, 0.1) is 47.0 Å². The van der Waals surface area contributed by atoms with E-state index in [1.807, 2.05) is 11.6 Å². The molecule has 1 nitrogen and oxygen atoms in total. The largest absolute Gasteiger partial charge is 0 e. The maximum atomic E-state index is 3.96. The van der Waals surface area contributed by atoms with Gasteiger partial charge in [0.15, 0.2) is 0 Å². The van der Waals surface area contributed by atoms with Gasteiger partial charge < -0.3 is 0 Å². The summed E-state index contributed by atoms with van der Waals surface area (Å²) in [5.41, 5.74) is 0. The van der Waals surface area contributed by atoms with Crippen molar-refractivity contribution in [3.05, 3.63) is 11.6 Å². The molecule has 0 unspecified atom stereocenters. The van der Waals surface area contributed by atoms with E-state index in [0.717, 1.165) is 0 Å². The molecule has 0 amide bonds. The van der Waals surface area contributed by atoms with Crippen LogP contribution in [0.4, 0.5) is 0 Å².